The minimum absolute atomic E-state index is 0.0835. The molecule has 6 heteroatoms. The number of benzene rings is 1. The molecule has 0 aliphatic rings. The van der Waals surface area contributed by atoms with E-state index in [0.717, 1.165) is 12.0 Å². The van der Waals surface area contributed by atoms with Gasteiger partial charge in [0.1, 0.15) is 0 Å². The molecule has 0 amide bonds. The molecule has 1 unspecified atom stereocenters. The van der Waals surface area contributed by atoms with Crippen LogP contribution in [0, 0.1) is 5.92 Å². The predicted octanol–water partition coefficient (Wildman–Crippen LogP) is 2.27. The Kier molecular flexibility index (Phi) is 6.99. The summed E-state index contributed by atoms with van der Waals surface area (Å²) in [6.07, 6.45) is 1.45. The molecule has 0 heterocycles. The monoisotopic (exact) mass is 349 g/mol. The molecule has 0 saturated carbocycles. The lowest BCUT2D eigenvalue weighted by Crippen LogP contribution is -2.29. The van der Waals surface area contributed by atoms with Crippen LogP contribution in [0.2, 0.25) is 0 Å². The van der Waals surface area contributed by atoms with Gasteiger partial charge in [0.25, 0.3) is 0 Å². The fourth-order valence-electron chi connectivity index (χ4n) is 1.70. The summed E-state index contributed by atoms with van der Waals surface area (Å²) in [5.41, 5.74) is 1.03. The fraction of sp³-hybridized carbons (Fsp3) is 0.538. The van der Waals surface area contributed by atoms with E-state index in [1.54, 1.807) is 24.3 Å². The van der Waals surface area contributed by atoms with E-state index in [0.29, 0.717) is 18.3 Å². The zero-order valence-electron chi connectivity index (χ0n) is 11.0. The quantitative estimate of drug-likeness (QED) is 0.707. The van der Waals surface area contributed by atoms with Gasteiger partial charge < -0.3 is 5.11 Å². The smallest absolute Gasteiger partial charge is 0.240 e. The Morgan fingerprint density at radius 1 is 1.32 bits per heavy atom. The molecular weight excluding hydrogens is 330 g/mol. The summed E-state index contributed by atoms with van der Waals surface area (Å²) in [5.74, 6) is 0.168. The Hall–Kier alpha value is -0.430. The van der Waals surface area contributed by atoms with Gasteiger partial charge in [0, 0.05) is 18.5 Å². The highest BCUT2D eigenvalue weighted by Crippen LogP contribution is 2.13. The lowest BCUT2D eigenvalue weighted by atomic mass is 10.0. The third kappa shape index (κ3) is 5.22. The summed E-state index contributed by atoms with van der Waals surface area (Å²) in [4.78, 5) is 0.274. The van der Waals surface area contributed by atoms with Crippen molar-refractivity contribution in [3.05, 3.63) is 29.8 Å². The molecule has 2 N–H and O–H groups in total. The maximum Gasteiger partial charge on any atom is 0.240 e. The lowest BCUT2D eigenvalue weighted by molar-refractivity contribution is 0.254. The van der Waals surface area contributed by atoms with E-state index in [1.807, 2.05) is 6.92 Å². The highest BCUT2D eigenvalue weighted by atomic mass is 79.9. The van der Waals surface area contributed by atoms with Crippen LogP contribution in [0.15, 0.2) is 29.2 Å². The first-order chi connectivity index (χ1) is 9.03. The molecule has 1 rings (SSSR count). The molecule has 1 aromatic rings. The van der Waals surface area contributed by atoms with E-state index >= 15 is 0 Å². The summed E-state index contributed by atoms with van der Waals surface area (Å²) in [7, 11) is -3.46. The molecule has 4 nitrogen and oxygen atoms in total. The van der Waals surface area contributed by atoms with Gasteiger partial charge in [-0.15, -0.1) is 0 Å². The van der Waals surface area contributed by atoms with Crippen LogP contribution in [0.3, 0.4) is 0 Å². The highest BCUT2D eigenvalue weighted by Gasteiger charge is 2.15. The second-order valence-electron chi connectivity index (χ2n) is 4.42. The first-order valence-corrected chi connectivity index (χ1v) is 8.89. The topological polar surface area (TPSA) is 66.4 Å². The van der Waals surface area contributed by atoms with Gasteiger partial charge in [-0.1, -0.05) is 41.4 Å². The van der Waals surface area contributed by atoms with E-state index in [2.05, 4.69) is 20.7 Å². The van der Waals surface area contributed by atoms with Gasteiger partial charge in [-0.25, -0.2) is 13.1 Å². The Bertz CT molecular complexity index is 473. The second-order valence-corrected chi connectivity index (χ2v) is 6.74. The molecule has 0 aliphatic carbocycles. The SMILES string of the molecule is CCC(CCO)CNS(=O)(=O)c1ccc(CBr)cc1. The zero-order chi connectivity index (χ0) is 14.3. The van der Waals surface area contributed by atoms with Gasteiger partial charge in [0.2, 0.25) is 10.0 Å². The first kappa shape index (κ1) is 16.6. The van der Waals surface area contributed by atoms with E-state index in [9.17, 15) is 8.42 Å². The Balaban J connectivity index is 2.69. The number of halogens is 1. The number of rotatable bonds is 8. The van der Waals surface area contributed by atoms with Gasteiger partial charge in [0.05, 0.1) is 4.90 Å². The summed E-state index contributed by atoms with van der Waals surface area (Å²) < 4.78 is 26.7. The maximum absolute atomic E-state index is 12.1. The van der Waals surface area contributed by atoms with E-state index in [1.165, 1.54) is 0 Å². The second kappa shape index (κ2) is 7.99. The molecule has 1 atom stereocenters. The van der Waals surface area contributed by atoms with Gasteiger partial charge in [-0.2, -0.15) is 0 Å². The number of aliphatic hydroxyl groups is 1. The van der Waals surface area contributed by atoms with Crippen LogP contribution in [0.4, 0.5) is 0 Å². The Morgan fingerprint density at radius 2 is 1.95 bits per heavy atom. The molecular formula is C13H20BrNO3S. The normalized spacial score (nSPS) is 13.4. The Labute approximate surface area is 123 Å². The molecule has 0 bridgehead atoms. The van der Waals surface area contributed by atoms with Crippen LogP contribution in [0.1, 0.15) is 25.3 Å². The molecule has 19 heavy (non-hydrogen) atoms. The van der Waals surface area contributed by atoms with Crippen LogP contribution in [-0.2, 0) is 15.4 Å². The van der Waals surface area contributed by atoms with Crippen LogP contribution in [0.5, 0.6) is 0 Å². The largest absolute Gasteiger partial charge is 0.396 e. The summed E-state index contributed by atoms with van der Waals surface area (Å²) in [5, 5.41) is 9.59. The summed E-state index contributed by atoms with van der Waals surface area (Å²) in [6.45, 7) is 2.43. The standard InChI is InChI=1S/C13H20BrNO3S/c1-2-11(7-8-16)10-15-19(17,18)13-5-3-12(9-14)4-6-13/h3-6,11,15-16H,2,7-10H2,1H3. The molecule has 0 radical (unpaired) electrons. The molecule has 1 aromatic carbocycles. The van der Waals surface area contributed by atoms with Gasteiger partial charge in [-0.3, -0.25) is 0 Å². The zero-order valence-corrected chi connectivity index (χ0v) is 13.4. The van der Waals surface area contributed by atoms with Crippen molar-refractivity contribution < 1.29 is 13.5 Å². The van der Waals surface area contributed by atoms with Crippen molar-refractivity contribution in [1.29, 1.82) is 0 Å². The number of alkyl halides is 1. The minimum Gasteiger partial charge on any atom is -0.396 e. The van der Waals surface area contributed by atoms with Crippen LogP contribution < -0.4 is 4.72 Å². The number of aliphatic hydroxyl groups excluding tert-OH is 1. The van der Waals surface area contributed by atoms with Crippen molar-refractivity contribution in [1.82, 2.24) is 4.72 Å². The van der Waals surface area contributed by atoms with Gasteiger partial charge in [0.15, 0.2) is 0 Å². The molecule has 0 spiro atoms. The number of nitrogens with one attached hydrogen (secondary N) is 1. The average molecular weight is 350 g/mol. The molecule has 0 saturated heterocycles. The van der Waals surface area contributed by atoms with Crippen LogP contribution >= 0.6 is 15.9 Å². The van der Waals surface area contributed by atoms with Gasteiger partial charge in [-0.05, 0) is 30.0 Å². The molecule has 0 aromatic heterocycles. The third-order valence-corrected chi connectivity index (χ3v) is 5.15. The molecule has 0 fully saturated rings. The lowest BCUT2D eigenvalue weighted by Gasteiger charge is -2.14. The number of sulfonamides is 1. The van der Waals surface area contributed by atoms with Crippen molar-refractivity contribution in [2.75, 3.05) is 13.2 Å². The molecule has 108 valence electrons. The van der Waals surface area contributed by atoms with E-state index in [4.69, 9.17) is 5.11 Å². The van der Waals surface area contributed by atoms with E-state index in [-0.39, 0.29) is 17.4 Å². The summed E-state index contributed by atoms with van der Waals surface area (Å²) in [6, 6.07) is 6.78. The van der Waals surface area contributed by atoms with Crippen molar-refractivity contribution in [2.45, 2.75) is 30.0 Å². The number of hydrogen-bond donors (Lipinski definition) is 2. The highest BCUT2D eigenvalue weighted by molar-refractivity contribution is 9.08. The minimum atomic E-state index is -3.46. The third-order valence-electron chi connectivity index (χ3n) is 3.06. The van der Waals surface area contributed by atoms with Crippen molar-refractivity contribution in [2.24, 2.45) is 5.92 Å². The van der Waals surface area contributed by atoms with Crippen LogP contribution in [0.25, 0.3) is 0 Å². The fourth-order valence-corrected chi connectivity index (χ4v) is 3.19. The van der Waals surface area contributed by atoms with Crippen molar-refractivity contribution in [3.63, 3.8) is 0 Å². The van der Waals surface area contributed by atoms with Crippen molar-refractivity contribution in [3.8, 4) is 0 Å². The molecule has 0 aliphatic heterocycles. The first-order valence-electron chi connectivity index (χ1n) is 6.29. The number of hydrogen-bond acceptors (Lipinski definition) is 3. The Morgan fingerprint density at radius 3 is 2.42 bits per heavy atom. The average Bonchev–Trinajstić information content (AvgIpc) is 2.43. The van der Waals surface area contributed by atoms with Gasteiger partial charge >= 0.3 is 0 Å². The summed E-state index contributed by atoms with van der Waals surface area (Å²) >= 11 is 3.32. The predicted molar refractivity (Wildman–Crippen MR) is 79.7 cm³/mol. The maximum atomic E-state index is 12.1. The van der Waals surface area contributed by atoms with Crippen molar-refractivity contribution >= 4 is 26.0 Å². The van der Waals surface area contributed by atoms with Crippen LogP contribution in [-0.4, -0.2) is 26.7 Å². The van der Waals surface area contributed by atoms with E-state index < -0.39 is 10.0 Å².